The third-order valence-electron chi connectivity index (χ3n) is 2.33. The Morgan fingerprint density at radius 2 is 2.20 bits per heavy atom. The standard InChI is InChI=1S/C11H17BrN2O/c1-8(15-3)7-14(2)11-5-4-9(12)6-10(11)13/h4-6,8H,7,13H2,1-3H3. The topological polar surface area (TPSA) is 38.5 Å². The second-order valence-corrected chi connectivity index (χ2v) is 4.55. The number of rotatable bonds is 4. The highest BCUT2D eigenvalue weighted by molar-refractivity contribution is 9.10. The number of halogens is 1. The Kier molecular flexibility index (Phi) is 4.42. The van der Waals surface area contributed by atoms with Gasteiger partial charge in [-0.05, 0) is 25.1 Å². The van der Waals surface area contributed by atoms with Crippen molar-refractivity contribution in [3.63, 3.8) is 0 Å². The molecule has 2 N–H and O–H groups in total. The number of ether oxygens (including phenoxy) is 1. The molecule has 0 aromatic heterocycles. The van der Waals surface area contributed by atoms with E-state index in [1.807, 2.05) is 32.2 Å². The van der Waals surface area contributed by atoms with E-state index in [4.69, 9.17) is 10.5 Å². The molecule has 1 unspecified atom stereocenters. The number of benzene rings is 1. The van der Waals surface area contributed by atoms with Gasteiger partial charge in [0.05, 0.1) is 17.5 Å². The third-order valence-corrected chi connectivity index (χ3v) is 2.83. The van der Waals surface area contributed by atoms with Crippen LogP contribution in [-0.4, -0.2) is 26.8 Å². The molecule has 0 saturated carbocycles. The van der Waals surface area contributed by atoms with Gasteiger partial charge in [-0.3, -0.25) is 0 Å². The van der Waals surface area contributed by atoms with Crippen LogP contribution in [0.1, 0.15) is 6.92 Å². The lowest BCUT2D eigenvalue weighted by atomic mass is 10.2. The Morgan fingerprint density at radius 1 is 1.53 bits per heavy atom. The van der Waals surface area contributed by atoms with Crippen molar-refractivity contribution in [1.82, 2.24) is 0 Å². The Morgan fingerprint density at radius 3 is 2.73 bits per heavy atom. The van der Waals surface area contributed by atoms with E-state index in [1.165, 1.54) is 0 Å². The van der Waals surface area contributed by atoms with Crippen molar-refractivity contribution in [3.05, 3.63) is 22.7 Å². The first kappa shape index (κ1) is 12.3. The van der Waals surface area contributed by atoms with E-state index in [0.717, 1.165) is 22.4 Å². The van der Waals surface area contributed by atoms with Gasteiger partial charge in [-0.2, -0.15) is 0 Å². The largest absolute Gasteiger partial charge is 0.397 e. The lowest BCUT2D eigenvalue weighted by Crippen LogP contribution is -2.28. The van der Waals surface area contributed by atoms with Crippen LogP contribution in [0.2, 0.25) is 0 Å². The van der Waals surface area contributed by atoms with Gasteiger partial charge in [0.15, 0.2) is 0 Å². The van der Waals surface area contributed by atoms with Gasteiger partial charge in [0.25, 0.3) is 0 Å². The Bertz CT molecular complexity index is 330. The van der Waals surface area contributed by atoms with Gasteiger partial charge in [-0.1, -0.05) is 15.9 Å². The van der Waals surface area contributed by atoms with Crippen molar-refractivity contribution in [2.45, 2.75) is 13.0 Å². The van der Waals surface area contributed by atoms with Crippen molar-refractivity contribution in [1.29, 1.82) is 0 Å². The second kappa shape index (κ2) is 5.37. The summed E-state index contributed by atoms with van der Waals surface area (Å²) in [6.07, 6.45) is 0.193. The molecule has 0 aliphatic heterocycles. The Labute approximate surface area is 99.3 Å². The van der Waals surface area contributed by atoms with Gasteiger partial charge < -0.3 is 15.4 Å². The molecule has 0 fully saturated rings. The van der Waals surface area contributed by atoms with Crippen LogP contribution >= 0.6 is 15.9 Å². The molecule has 0 aliphatic rings. The highest BCUT2D eigenvalue weighted by Crippen LogP contribution is 2.25. The summed E-state index contributed by atoms with van der Waals surface area (Å²) in [5.41, 5.74) is 7.73. The van der Waals surface area contributed by atoms with Gasteiger partial charge in [0.1, 0.15) is 0 Å². The normalized spacial score (nSPS) is 12.5. The molecular weight excluding hydrogens is 256 g/mol. The molecule has 0 heterocycles. The number of hydrogen-bond acceptors (Lipinski definition) is 3. The van der Waals surface area contributed by atoms with Crippen LogP contribution in [0.15, 0.2) is 22.7 Å². The highest BCUT2D eigenvalue weighted by Gasteiger charge is 2.08. The van der Waals surface area contributed by atoms with Crippen molar-refractivity contribution in [2.75, 3.05) is 31.3 Å². The molecule has 3 nitrogen and oxygen atoms in total. The molecular formula is C11H17BrN2O. The van der Waals surface area contributed by atoms with E-state index < -0.39 is 0 Å². The maximum Gasteiger partial charge on any atom is 0.0717 e. The van der Waals surface area contributed by atoms with Crippen LogP contribution in [-0.2, 0) is 4.74 Å². The first-order valence-corrected chi connectivity index (χ1v) is 5.63. The monoisotopic (exact) mass is 272 g/mol. The van der Waals surface area contributed by atoms with E-state index in [1.54, 1.807) is 7.11 Å². The summed E-state index contributed by atoms with van der Waals surface area (Å²) in [6.45, 7) is 2.86. The molecule has 15 heavy (non-hydrogen) atoms. The second-order valence-electron chi connectivity index (χ2n) is 3.63. The Hall–Kier alpha value is -0.740. The summed E-state index contributed by atoms with van der Waals surface area (Å²) in [5.74, 6) is 0. The van der Waals surface area contributed by atoms with Gasteiger partial charge in [0.2, 0.25) is 0 Å². The molecule has 1 rings (SSSR count). The summed E-state index contributed by atoms with van der Waals surface area (Å²) < 4.78 is 6.21. The number of methoxy groups -OCH3 is 1. The van der Waals surface area contributed by atoms with E-state index in [0.29, 0.717) is 0 Å². The molecule has 0 saturated heterocycles. The Balaban J connectivity index is 2.77. The van der Waals surface area contributed by atoms with Gasteiger partial charge in [-0.15, -0.1) is 0 Å². The minimum Gasteiger partial charge on any atom is -0.397 e. The molecule has 0 amide bonds. The van der Waals surface area contributed by atoms with E-state index in [2.05, 4.69) is 20.8 Å². The number of likely N-dealkylation sites (N-methyl/N-ethyl adjacent to an activating group) is 1. The van der Waals surface area contributed by atoms with Crippen molar-refractivity contribution in [2.24, 2.45) is 0 Å². The first-order chi connectivity index (χ1) is 7.04. The predicted molar refractivity (Wildman–Crippen MR) is 68.3 cm³/mol. The first-order valence-electron chi connectivity index (χ1n) is 4.83. The average Bonchev–Trinajstić information content (AvgIpc) is 2.17. The van der Waals surface area contributed by atoms with Crippen molar-refractivity contribution in [3.8, 4) is 0 Å². The fourth-order valence-electron chi connectivity index (χ4n) is 1.43. The smallest absolute Gasteiger partial charge is 0.0717 e. The lowest BCUT2D eigenvalue weighted by molar-refractivity contribution is 0.124. The molecule has 1 aromatic carbocycles. The van der Waals surface area contributed by atoms with Crippen LogP contribution in [0.25, 0.3) is 0 Å². The van der Waals surface area contributed by atoms with Crippen LogP contribution in [0, 0.1) is 0 Å². The SMILES string of the molecule is COC(C)CN(C)c1ccc(Br)cc1N. The summed E-state index contributed by atoms with van der Waals surface area (Å²) in [7, 11) is 3.72. The molecule has 84 valence electrons. The molecule has 4 heteroatoms. The fourth-order valence-corrected chi connectivity index (χ4v) is 1.81. The van der Waals surface area contributed by atoms with Gasteiger partial charge in [0, 0.05) is 25.2 Å². The van der Waals surface area contributed by atoms with Gasteiger partial charge >= 0.3 is 0 Å². The van der Waals surface area contributed by atoms with Gasteiger partial charge in [-0.25, -0.2) is 0 Å². The van der Waals surface area contributed by atoms with E-state index in [9.17, 15) is 0 Å². The number of hydrogen-bond donors (Lipinski definition) is 1. The fraction of sp³-hybridized carbons (Fsp3) is 0.455. The third kappa shape index (κ3) is 3.39. The van der Waals surface area contributed by atoms with E-state index in [-0.39, 0.29) is 6.10 Å². The van der Waals surface area contributed by atoms with Crippen molar-refractivity contribution < 1.29 is 4.74 Å². The molecule has 0 aliphatic carbocycles. The zero-order chi connectivity index (χ0) is 11.4. The number of nitrogens with two attached hydrogens (primary N) is 1. The lowest BCUT2D eigenvalue weighted by Gasteiger charge is -2.24. The van der Waals surface area contributed by atoms with Crippen LogP contribution in [0.4, 0.5) is 11.4 Å². The molecule has 0 spiro atoms. The minimum absolute atomic E-state index is 0.193. The number of nitrogen functional groups attached to an aromatic ring is 1. The number of anilines is 2. The maximum absolute atomic E-state index is 5.93. The van der Waals surface area contributed by atoms with Crippen LogP contribution < -0.4 is 10.6 Å². The quantitative estimate of drug-likeness (QED) is 0.857. The minimum atomic E-state index is 0.193. The molecule has 0 radical (unpaired) electrons. The molecule has 1 aromatic rings. The summed E-state index contributed by atoms with van der Waals surface area (Å²) in [5, 5.41) is 0. The molecule has 0 bridgehead atoms. The van der Waals surface area contributed by atoms with E-state index >= 15 is 0 Å². The van der Waals surface area contributed by atoms with Crippen molar-refractivity contribution >= 4 is 27.3 Å². The van der Waals surface area contributed by atoms with Crippen LogP contribution in [0.3, 0.4) is 0 Å². The summed E-state index contributed by atoms with van der Waals surface area (Å²) in [6, 6.07) is 5.89. The zero-order valence-corrected chi connectivity index (χ0v) is 10.9. The zero-order valence-electron chi connectivity index (χ0n) is 9.33. The highest BCUT2D eigenvalue weighted by atomic mass is 79.9. The average molecular weight is 273 g/mol. The summed E-state index contributed by atoms with van der Waals surface area (Å²) >= 11 is 3.39. The summed E-state index contributed by atoms with van der Waals surface area (Å²) in [4.78, 5) is 2.09. The number of nitrogens with zero attached hydrogens (tertiary/aromatic N) is 1. The predicted octanol–water partition coefficient (Wildman–Crippen LogP) is 2.50. The molecule has 1 atom stereocenters. The van der Waals surface area contributed by atoms with Crippen LogP contribution in [0.5, 0.6) is 0 Å². The maximum atomic E-state index is 5.93.